The number of rotatable bonds is 8. The molecule has 5 rings (SSSR count). The van der Waals surface area contributed by atoms with Crippen LogP contribution in [0.25, 0.3) is 11.3 Å². The van der Waals surface area contributed by atoms with E-state index >= 15 is 0 Å². The van der Waals surface area contributed by atoms with Gasteiger partial charge < -0.3 is 24.2 Å². The van der Waals surface area contributed by atoms with Crippen molar-refractivity contribution in [2.24, 2.45) is 7.05 Å². The number of hydrogen-bond donors (Lipinski definition) is 0. The zero-order valence-electron chi connectivity index (χ0n) is 22.1. The highest BCUT2D eigenvalue weighted by Gasteiger charge is 2.25. The maximum atomic E-state index is 14.3. The number of nitrogens with zero attached hydrogens (tertiary/aromatic N) is 6. The highest BCUT2D eigenvalue weighted by atomic mass is 19.1. The van der Waals surface area contributed by atoms with E-state index in [9.17, 15) is 9.18 Å². The quantitative estimate of drug-likeness (QED) is 0.418. The molecule has 1 atom stereocenters. The first-order valence-electron chi connectivity index (χ1n) is 13.2. The van der Waals surface area contributed by atoms with Gasteiger partial charge in [0.25, 0.3) is 5.56 Å². The first kappa shape index (κ1) is 26.3. The predicted molar refractivity (Wildman–Crippen MR) is 144 cm³/mol. The number of morpholine rings is 1. The Morgan fingerprint density at radius 1 is 1.08 bits per heavy atom. The van der Waals surface area contributed by atoms with Crippen LogP contribution in [0.1, 0.15) is 18.1 Å². The number of piperazine rings is 1. The Bertz CT molecular complexity index is 1280. The molecule has 38 heavy (non-hydrogen) atoms. The number of hydrogen-bond acceptors (Lipinski definition) is 8. The molecule has 1 aromatic carbocycles. The summed E-state index contributed by atoms with van der Waals surface area (Å²) in [5.41, 5.74) is 1.32. The zero-order chi connectivity index (χ0) is 26.5. The van der Waals surface area contributed by atoms with Gasteiger partial charge in [0.15, 0.2) is 5.82 Å². The van der Waals surface area contributed by atoms with Crippen LogP contribution in [0.15, 0.2) is 53.6 Å². The molecule has 4 heterocycles. The fourth-order valence-corrected chi connectivity index (χ4v) is 4.89. The lowest BCUT2D eigenvalue weighted by Gasteiger charge is -2.34. The Labute approximate surface area is 222 Å². The third kappa shape index (κ3) is 6.20. The average molecular weight is 523 g/mol. The zero-order valence-corrected chi connectivity index (χ0v) is 22.1. The number of likely N-dealkylation sites (N-methyl/N-ethyl adjacent to an activating group) is 1. The third-order valence-electron chi connectivity index (χ3n) is 7.24. The van der Waals surface area contributed by atoms with Gasteiger partial charge in [-0.1, -0.05) is 12.1 Å². The SMILES string of the molecule is CN1CCN(CCCOc2ccc(C3CN(c4nc(-c5ccncc5F)cc(=O)n4C)CCO3)cc2)CC1. The topological polar surface area (TPSA) is 76.0 Å². The van der Waals surface area contributed by atoms with Crippen molar-refractivity contribution < 1.29 is 13.9 Å². The van der Waals surface area contributed by atoms with Crippen LogP contribution < -0.4 is 15.2 Å². The van der Waals surface area contributed by atoms with Crippen molar-refractivity contribution >= 4 is 5.95 Å². The van der Waals surface area contributed by atoms with E-state index in [-0.39, 0.29) is 17.2 Å². The summed E-state index contributed by atoms with van der Waals surface area (Å²) in [5.74, 6) is 0.814. The predicted octanol–water partition coefficient (Wildman–Crippen LogP) is 2.58. The first-order valence-corrected chi connectivity index (χ1v) is 13.2. The summed E-state index contributed by atoms with van der Waals surface area (Å²) in [5, 5.41) is 0. The van der Waals surface area contributed by atoms with E-state index < -0.39 is 5.82 Å². The van der Waals surface area contributed by atoms with Crippen molar-refractivity contribution in [3.8, 4) is 17.0 Å². The fraction of sp³-hybridized carbons (Fsp3) is 0.464. The number of pyridine rings is 1. The van der Waals surface area contributed by atoms with Gasteiger partial charge in [-0.15, -0.1) is 0 Å². The molecule has 0 saturated carbocycles. The molecule has 10 heteroatoms. The molecule has 2 aromatic heterocycles. The van der Waals surface area contributed by atoms with E-state index in [4.69, 9.17) is 9.47 Å². The number of halogens is 1. The van der Waals surface area contributed by atoms with E-state index in [2.05, 4.69) is 26.8 Å². The van der Waals surface area contributed by atoms with Gasteiger partial charge in [-0.25, -0.2) is 9.37 Å². The van der Waals surface area contributed by atoms with Crippen molar-refractivity contribution in [2.45, 2.75) is 12.5 Å². The standard InChI is InChI=1S/C28H35FN6O3/c1-32-11-13-34(14-12-32)10-3-16-37-22-6-4-21(5-7-22)26-20-35(15-17-38-26)28-31-25(18-27(36)33(28)2)23-8-9-30-19-24(23)29/h4-9,18-19,26H,3,10-17,20H2,1-2H3. The smallest absolute Gasteiger partial charge is 0.255 e. The minimum absolute atomic E-state index is 0.187. The van der Waals surface area contributed by atoms with Gasteiger partial charge in [-0.3, -0.25) is 14.3 Å². The van der Waals surface area contributed by atoms with E-state index in [0.717, 1.165) is 56.7 Å². The van der Waals surface area contributed by atoms with Crippen LogP contribution in [-0.2, 0) is 11.8 Å². The van der Waals surface area contributed by atoms with E-state index in [0.29, 0.717) is 37.9 Å². The highest BCUT2D eigenvalue weighted by Crippen LogP contribution is 2.28. The minimum atomic E-state index is -0.513. The summed E-state index contributed by atoms with van der Waals surface area (Å²) in [6.07, 6.45) is 3.43. The van der Waals surface area contributed by atoms with Gasteiger partial charge >= 0.3 is 0 Å². The maximum Gasteiger partial charge on any atom is 0.255 e. The lowest BCUT2D eigenvalue weighted by atomic mass is 10.1. The van der Waals surface area contributed by atoms with Crippen LogP contribution in [0.4, 0.5) is 10.3 Å². The maximum absolute atomic E-state index is 14.3. The summed E-state index contributed by atoms with van der Waals surface area (Å²) in [6, 6.07) is 10.9. The molecule has 2 fully saturated rings. The molecule has 2 aliphatic rings. The highest BCUT2D eigenvalue weighted by molar-refractivity contribution is 5.60. The molecular formula is C28H35FN6O3. The summed E-state index contributed by atoms with van der Waals surface area (Å²) in [6.45, 7) is 7.83. The normalized spacial score (nSPS) is 19.0. The largest absolute Gasteiger partial charge is 0.494 e. The number of aromatic nitrogens is 3. The second-order valence-corrected chi connectivity index (χ2v) is 9.92. The Morgan fingerprint density at radius 3 is 2.63 bits per heavy atom. The van der Waals surface area contributed by atoms with Crippen LogP contribution in [0.5, 0.6) is 5.75 Å². The molecule has 202 valence electrons. The van der Waals surface area contributed by atoms with Crippen LogP contribution in [0, 0.1) is 5.82 Å². The lowest BCUT2D eigenvalue weighted by Crippen LogP contribution is -2.44. The molecule has 0 radical (unpaired) electrons. The summed E-state index contributed by atoms with van der Waals surface area (Å²) < 4.78 is 27.9. The van der Waals surface area contributed by atoms with Crippen molar-refractivity contribution in [2.75, 3.05) is 71.0 Å². The third-order valence-corrected chi connectivity index (χ3v) is 7.24. The fourth-order valence-electron chi connectivity index (χ4n) is 4.89. The van der Waals surface area contributed by atoms with Gasteiger partial charge in [0.1, 0.15) is 11.9 Å². The van der Waals surface area contributed by atoms with Crippen LogP contribution >= 0.6 is 0 Å². The molecule has 9 nitrogen and oxygen atoms in total. The molecule has 2 aliphatic heterocycles. The molecule has 0 N–H and O–H groups in total. The molecule has 1 unspecified atom stereocenters. The van der Waals surface area contributed by atoms with Gasteiger partial charge in [-0.05, 0) is 37.2 Å². The summed E-state index contributed by atoms with van der Waals surface area (Å²) in [4.78, 5) is 28.0. The van der Waals surface area contributed by atoms with Crippen LogP contribution in [0.2, 0.25) is 0 Å². The van der Waals surface area contributed by atoms with Crippen molar-refractivity contribution in [3.63, 3.8) is 0 Å². The Morgan fingerprint density at radius 2 is 1.87 bits per heavy atom. The van der Waals surface area contributed by atoms with E-state index in [1.54, 1.807) is 7.05 Å². The Hall–Kier alpha value is -3.34. The van der Waals surface area contributed by atoms with E-state index in [1.165, 1.54) is 22.9 Å². The van der Waals surface area contributed by atoms with Crippen LogP contribution in [0.3, 0.4) is 0 Å². The second-order valence-electron chi connectivity index (χ2n) is 9.92. The number of benzene rings is 1. The van der Waals surface area contributed by atoms with Gasteiger partial charge in [0.05, 0.1) is 31.6 Å². The number of anilines is 1. The molecular weight excluding hydrogens is 487 g/mol. The molecule has 0 aliphatic carbocycles. The van der Waals surface area contributed by atoms with Crippen molar-refractivity contribution in [3.05, 3.63) is 70.5 Å². The minimum Gasteiger partial charge on any atom is -0.494 e. The van der Waals surface area contributed by atoms with Crippen LogP contribution in [-0.4, -0.2) is 90.4 Å². The van der Waals surface area contributed by atoms with Gasteiger partial charge in [-0.2, -0.15) is 0 Å². The molecule has 0 amide bonds. The summed E-state index contributed by atoms with van der Waals surface area (Å²) >= 11 is 0. The Kier molecular flexibility index (Phi) is 8.31. The molecule has 0 bridgehead atoms. The molecule has 2 saturated heterocycles. The molecule has 3 aromatic rings. The van der Waals surface area contributed by atoms with E-state index in [1.807, 2.05) is 29.2 Å². The number of ether oxygens (including phenoxy) is 2. The average Bonchev–Trinajstić information content (AvgIpc) is 2.94. The van der Waals surface area contributed by atoms with Gasteiger partial charge in [0.2, 0.25) is 5.95 Å². The lowest BCUT2D eigenvalue weighted by molar-refractivity contribution is 0.0389. The summed E-state index contributed by atoms with van der Waals surface area (Å²) in [7, 11) is 3.85. The van der Waals surface area contributed by atoms with Crippen molar-refractivity contribution in [1.29, 1.82) is 0 Å². The van der Waals surface area contributed by atoms with Crippen molar-refractivity contribution in [1.82, 2.24) is 24.3 Å². The Balaban J connectivity index is 1.20. The van der Waals surface area contributed by atoms with Gasteiger partial charge in [0, 0.05) is 64.1 Å². The molecule has 0 spiro atoms. The first-order chi connectivity index (χ1) is 18.5. The second kappa shape index (κ2) is 12.0. The monoisotopic (exact) mass is 522 g/mol.